The Morgan fingerprint density at radius 3 is 2.92 bits per heavy atom. The van der Waals surface area contributed by atoms with Crippen molar-refractivity contribution < 1.29 is 4.79 Å². The SMILES string of the molecule is CCc1nnc2n1CCN(C(=O)c1cn(CC#N)c3ccccc13)C2. The van der Waals surface area contributed by atoms with E-state index in [1.54, 1.807) is 6.20 Å². The average Bonchev–Trinajstić information content (AvgIpc) is 3.22. The first-order valence-corrected chi connectivity index (χ1v) is 8.38. The van der Waals surface area contributed by atoms with E-state index < -0.39 is 0 Å². The molecule has 3 heterocycles. The fourth-order valence-electron chi connectivity index (χ4n) is 3.45. The predicted molar refractivity (Wildman–Crippen MR) is 91.7 cm³/mol. The maximum Gasteiger partial charge on any atom is 0.256 e. The number of nitriles is 1. The van der Waals surface area contributed by atoms with Crippen LogP contribution in [0.2, 0.25) is 0 Å². The van der Waals surface area contributed by atoms with E-state index in [9.17, 15) is 4.79 Å². The van der Waals surface area contributed by atoms with E-state index in [-0.39, 0.29) is 12.5 Å². The number of amides is 1. The van der Waals surface area contributed by atoms with E-state index in [1.165, 1.54) is 0 Å². The van der Waals surface area contributed by atoms with Crippen LogP contribution in [0.1, 0.15) is 28.9 Å². The molecule has 1 aromatic carbocycles. The topological polar surface area (TPSA) is 79.7 Å². The lowest BCUT2D eigenvalue weighted by Gasteiger charge is -2.27. The molecule has 0 saturated heterocycles. The number of nitrogens with zero attached hydrogens (tertiary/aromatic N) is 6. The second-order valence-corrected chi connectivity index (χ2v) is 6.11. The maximum absolute atomic E-state index is 13.1. The van der Waals surface area contributed by atoms with Crippen molar-refractivity contribution in [1.29, 1.82) is 5.26 Å². The molecule has 7 nitrogen and oxygen atoms in total. The van der Waals surface area contributed by atoms with Crippen LogP contribution in [-0.4, -0.2) is 36.7 Å². The van der Waals surface area contributed by atoms with Crippen LogP contribution >= 0.6 is 0 Å². The second-order valence-electron chi connectivity index (χ2n) is 6.11. The molecule has 1 amide bonds. The first-order chi connectivity index (χ1) is 12.2. The van der Waals surface area contributed by atoms with Gasteiger partial charge in [0.15, 0.2) is 5.82 Å². The molecule has 0 bridgehead atoms. The molecule has 0 spiro atoms. The highest BCUT2D eigenvalue weighted by Gasteiger charge is 2.26. The summed E-state index contributed by atoms with van der Waals surface area (Å²) in [7, 11) is 0. The number of para-hydroxylation sites is 1. The van der Waals surface area contributed by atoms with Gasteiger partial charge in [0, 0.05) is 36.6 Å². The lowest BCUT2D eigenvalue weighted by molar-refractivity contribution is 0.0708. The van der Waals surface area contributed by atoms with Gasteiger partial charge in [0.1, 0.15) is 12.4 Å². The molecule has 25 heavy (non-hydrogen) atoms. The number of carbonyl (C=O) groups is 1. The van der Waals surface area contributed by atoms with Crippen LogP contribution in [0.15, 0.2) is 30.5 Å². The van der Waals surface area contributed by atoms with Crippen LogP contribution in [0.4, 0.5) is 0 Å². The van der Waals surface area contributed by atoms with Crippen LogP contribution in [0.5, 0.6) is 0 Å². The van der Waals surface area contributed by atoms with Crippen molar-refractivity contribution in [3.05, 3.63) is 47.7 Å². The molecule has 1 aliphatic rings. The monoisotopic (exact) mass is 334 g/mol. The smallest absolute Gasteiger partial charge is 0.256 e. The standard InChI is InChI=1S/C18H18N6O/c1-2-16-20-21-17-12-23(9-10-24(16)17)18(25)14-11-22(8-7-19)15-6-4-3-5-13(14)15/h3-6,11H,2,8-10,12H2,1H3. The highest BCUT2D eigenvalue weighted by atomic mass is 16.2. The van der Waals surface area contributed by atoms with Gasteiger partial charge in [0.05, 0.1) is 18.2 Å². The quantitative estimate of drug-likeness (QED) is 0.733. The molecule has 1 aliphatic heterocycles. The van der Waals surface area contributed by atoms with Crippen LogP contribution in [0.3, 0.4) is 0 Å². The summed E-state index contributed by atoms with van der Waals surface area (Å²) in [6, 6.07) is 9.84. The highest BCUT2D eigenvalue weighted by Crippen LogP contribution is 2.24. The number of rotatable bonds is 3. The Kier molecular flexibility index (Phi) is 3.73. The van der Waals surface area contributed by atoms with Gasteiger partial charge in [0.2, 0.25) is 0 Å². The Morgan fingerprint density at radius 2 is 2.12 bits per heavy atom. The number of aromatic nitrogens is 4. The Bertz CT molecular complexity index is 993. The van der Waals surface area contributed by atoms with Crippen molar-refractivity contribution >= 4 is 16.8 Å². The molecule has 4 rings (SSSR count). The summed E-state index contributed by atoms with van der Waals surface area (Å²) in [6.07, 6.45) is 2.62. The summed E-state index contributed by atoms with van der Waals surface area (Å²) >= 11 is 0. The van der Waals surface area contributed by atoms with E-state index in [1.807, 2.05) is 33.7 Å². The Balaban J connectivity index is 1.68. The first kappa shape index (κ1) is 15.4. The van der Waals surface area contributed by atoms with E-state index in [0.29, 0.717) is 25.2 Å². The molecule has 0 aliphatic carbocycles. The molecular weight excluding hydrogens is 316 g/mol. The number of aryl methyl sites for hydroxylation is 1. The van der Waals surface area contributed by atoms with Gasteiger partial charge in [-0.2, -0.15) is 5.26 Å². The Labute approximate surface area is 145 Å². The molecular formula is C18H18N6O. The molecule has 126 valence electrons. The largest absolute Gasteiger partial charge is 0.333 e. The Morgan fingerprint density at radius 1 is 1.28 bits per heavy atom. The third kappa shape index (κ3) is 2.47. The normalized spacial score (nSPS) is 13.7. The summed E-state index contributed by atoms with van der Waals surface area (Å²) in [5, 5.41) is 18.3. The van der Waals surface area contributed by atoms with E-state index in [2.05, 4.69) is 27.8 Å². The lowest BCUT2D eigenvalue weighted by atomic mass is 10.1. The van der Waals surface area contributed by atoms with Crippen molar-refractivity contribution in [3.8, 4) is 6.07 Å². The zero-order valence-electron chi connectivity index (χ0n) is 14.0. The maximum atomic E-state index is 13.1. The number of hydrogen-bond donors (Lipinski definition) is 0. The van der Waals surface area contributed by atoms with Crippen LogP contribution in [0.25, 0.3) is 10.9 Å². The predicted octanol–water partition coefficient (Wildman–Crippen LogP) is 1.97. The number of fused-ring (bicyclic) bond motifs is 2. The molecule has 0 unspecified atom stereocenters. The molecule has 0 N–H and O–H groups in total. The van der Waals surface area contributed by atoms with Gasteiger partial charge in [-0.3, -0.25) is 4.79 Å². The second kappa shape index (κ2) is 6.06. The molecule has 3 aromatic rings. The lowest BCUT2D eigenvalue weighted by Crippen LogP contribution is -2.38. The van der Waals surface area contributed by atoms with Crippen LogP contribution in [-0.2, 0) is 26.1 Å². The summed E-state index contributed by atoms with van der Waals surface area (Å²) in [5.41, 5.74) is 1.54. The van der Waals surface area contributed by atoms with Crippen molar-refractivity contribution in [1.82, 2.24) is 24.2 Å². The molecule has 0 atom stereocenters. The summed E-state index contributed by atoms with van der Waals surface area (Å²) in [4.78, 5) is 14.9. The average molecular weight is 334 g/mol. The number of carbonyl (C=O) groups excluding carboxylic acids is 1. The number of hydrogen-bond acceptors (Lipinski definition) is 4. The molecule has 0 radical (unpaired) electrons. The molecule has 7 heteroatoms. The van der Waals surface area contributed by atoms with Gasteiger partial charge in [0.25, 0.3) is 5.91 Å². The van der Waals surface area contributed by atoms with Gasteiger partial charge in [-0.1, -0.05) is 25.1 Å². The third-order valence-electron chi connectivity index (χ3n) is 4.69. The fourth-order valence-corrected chi connectivity index (χ4v) is 3.45. The van der Waals surface area contributed by atoms with Crippen molar-refractivity contribution in [2.24, 2.45) is 0 Å². The van der Waals surface area contributed by atoms with Gasteiger partial charge in [-0.15, -0.1) is 10.2 Å². The van der Waals surface area contributed by atoms with Gasteiger partial charge in [-0.25, -0.2) is 0 Å². The molecule has 0 saturated carbocycles. The zero-order valence-corrected chi connectivity index (χ0v) is 14.0. The zero-order chi connectivity index (χ0) is 17.4. The Hall–Kier alpha value is -3.14. The van der Waals surface area contributed by atoms with Crippen LogP contribution < -0.4 is 0 Å². The van der Waals surface area contributed by atoms with Crippen molar-refractivity contribution in [2.45, 2.75) is 33.0 Å². The van der Waals surface area contributed by atoms with E-state index in [4.69, 9.17) is 5.26 Å². The van der Waals surface area contributed by atoms with E-state index in [0.717, 1.165) is 29.0 Å². The third-order valence-corrected chi connectivity index (χ3v) is 4.69. The van der Waals surface area contributed by atoms with Crippen molar-refractivity contribution in [2.75, 3.05) is 6.54 Å². The van der Waals surface area contributed by atoms with Crippen LogP contribution in [0, 0.1) is 11.3 Å². The molecule has 2 aromatic heterocycles. The summed E-state index contributed by atoms with van der Waals surface area (Å²) in [5.74, 6) is 1.77. The molecule has 0 fully saturated rings. The fraction of sp³-hybridized carbons (Fsp3) is 0.333. The summed E-state index contributed by atoms with van der Waals surface area (Å²) < 4.78 is 3.92. The van der Waals surface area contributed by atoms with Crippen molar-refractivity contribution in [3.63, 3.8) is 0 Å². The van der Waals surface area contributed by atoms with E-state index >= 15 is 0 Å². The van der Waals surface area contributed by atoms with Gasteiger partial charge >= 0.3 is 0 Å². The first-order valence-electron chi connectivity index (χ1n) is 8.38. The highest BCUT2D eigenvalue weighted by molar-refractivity contribution is 6.07. The van der Waals surface area contributed by atoms with Gasteiger partial charge in [-0.05, 0) is 6.07 Å². The summed E-state index contributed by atoms with van der Waals surface area (Å²) in [6.45, 7) is 4.09. The minimum absolute atomic E-state index is 0.0276. The van der Waals surface area contributed by atoms with Gasteiger partial charge < -0.3 is 14.0 Å². The minimum atomic E-state index is -0.0276. The number of benzene rings is 1. The minimum Gasteiger partial charge on any atom is -0.333 e.